The van der Waals surface area contributed by atoms with Gasteiger partial charge in [-0.1, -0.05) is 17.7 Å². The van der Waals surface area contributed by atoms with Crippen molar-refractivity contribution >= 4 is 46.1 Å². The number of esters is 1. The molecule has 0 N–H and O–H groups in total. The van der Waals surface area contributed by atoms with Crippen LogP contribution in [0.3, 0.4) is 0 Å². The minimum Gasteiger partial charge on any atom is -0.465 e. The Morgan fingerprint density at radius 2 is 2.17 bits per heavy atom. The SMILES string of the molecule is CCOC(=O)C1C(C)=NC(=O)N=C1SCc1c(F)cccc1Cl. The fourth-order valence-electron chi connectivity index (χ4n) is 2.01. The number of hydrogen-bond acceptors (Lipinski definition) is 4. The first-order valence-electron chi connectivity index (χ1n) is 6.84. The molecule has 0 aromatic heterocycles. The van der Waals surface area contributed by atoms with Crippen LogP contribution in [0.25, 0.3) is 0 Å². The first kappa shape index (κ1) is 17.6. The van der Waals surface area contributed by atoms with E-state index in [2.05, 4.69) is 9.98 Å². The van der Waals surface area contributed by atoms with Gasteiger partial charge in [-0.2, -0.15) is 9.98 Å². The summed E-state index contributed by atoms with van der Waals surface area (Å²) in [5, 5.41) is 0.513. The first-order chi connectivity index (χ1) is 10.9. The molecule has 0 saturated heterocycles. The third kappa shape index (κ3) is 4.17. The normalized spacial score (nSPS) is 17.6. The number of hydrogen-bond donors (Lipinski definition) is 0. The minimum atomic E-state index is -0.844. The summed E-state index contributed by atoms with van der Waals surface area (Å²) in [7, 11) is 0. The second-order valence-corrected chi connectivity index (χ2v) is 6.06. The molecule has 0 radical (unpaired) electrons. The van der Waals surface area contributed by atoms with Crippen LogP contribution in [-0.4, -0.2) is 29.4 Å². The molecule has 1 aliphatic rings. The summed E-state index contributed by atoms with van der Waals surface area (Å²) >= 11 is 7.05. The molecule has 1 atom stereocenters. The van der Waals surface area contributed by atoms with E-state index in [0.29, 0.717) is 5.71 Å². The quantitative estimate of drug-likeness (QED) is 0.767. The molecule has 1 aliphatic heterocycles. The van der Waals surface area contributed by atoms with Gasteiger partial charge < -0.3 is 4.74 Å². The maximum absolute atomic E-state index is 13.8. The highest BCUT2D eigenvalue weighted by atomic mass is 35.5. The van der Waals surface area contributed by atoms with E-state index in [0.717, 1.165) is 11.8 Å². The number of benzene rings is 1. The van der Waals surface area contributed by atoms with Crippen molar-refractivity contribution in [3.8, 4) is 0 Å². The lowest BCUT2D eigenvalue weighted by atomic mass is 10.1. The van der Waals surface area contributed by atoms with Crippen molar-refractivity contribution in [2.24, 2.45) is 15.9 Å². The summed E-state index contributed by atoms with van der Waals surface area (Å²) in [5.41, 5.74) is 0.600. The molecular formula is C15H14ClFN2O3S. The summed E-state index contributed by atoms with van der Waals surface area (Å²) in [6, 6.07) is 3.69. The monoisotopic (exact) mass is 356 g/mol. The predicted octanol–water partition coefficient (Wildman–Crippen LogP) is 3.88. The van der Waals surface area contributed by atoms with Crippen LogP contribution >= 0.6 is 23.4 Å². The van der Waals surface area contributed by atoms with E-state index in [4.69, 9.17) is 16.3 Å². The van der Waals surface area contributed by atoms with E-state index in [-0.39, 0.29) is 28.0 Å². The van der Waals surface area contributed by atoms with Gasteiger partial charge in [-0.25, -0.2) is 9.18 Å². The maximum atomic E-state index is 13.8. The van der Waals surface area contributed by atoms with E-state index in [9.17, 15) is 14.0 Å². The average molecular weight is 357 g/mol. The smallest absolute Gasteiger partial charge is 0.367 e. The van der Waals surface area contributed by atoms with Crippen LogP contribution in [-0.2, 0) is 15.3 Å². The molecular weight excluding hydrogens is 343 g/mol. The number of rotatable bonds is 4. The zero-order valence-electron chi connectivity index (χ0n) is 12.5. The van der Waals surface area contributed by atoms with E-state index in [1.807, 2.05) is 0 Å². The zero-order chi connectivity index (χ0) is 17.0. The van der Waals surface area contributed by atoms with Crippen molar-refractivity contribution in [1.29, 1.82) is 0 Å². The standard InChI is InChI=1S/C15H14ClFN2O3S/c1-3-22-14(20)12-8(2)18-15(21)19-13(12)23-7-9-10(16)5-4-6-11(9)17/h4-6,12H,3,7H2,1-2H3. The van der Waals surface area contributed by atoms with Crippen LogP contribution in [0, 0.1) is 11.7 Å². The zero-order valence-corrected chi connectivity index (χ0v) is 14.1. The molecule has 23 heavy (non-hydrogen) atoms. The second-order valence-electron chi connectivity index (χ2n) is 4.66. The van der Waals surface area contributed by atoms with Crippen molar-refractivity contribution in [2.75, 3.05) is 6.61 Å². The molecule has 1 heterocycles. The molecule has 0 aliphatic carbocycles. The number of aliphatic imine (C=N–C) groups is 2. The largest absolute Gasteiger partial charge is 0.465 e. The highest BCUT2D eigenvalue weighted by Gasteiger charge is 2.33. The number of halogens is 2. The van der Waals surface area contributed by atoms with Gasteiger partial charge in [-0.15, -0.1) is 11.8 Å². The Hall–Kier alpha value is -1.73. The van der Waals surface area contributed by atoms with Crippen molar-refractivity contribution < 1.29 is 18.7 Å². The van der Waals surface area contributed by atoms with Gasteiger partial charge in [0.25, 0.3) is 0 Å². The first-order valence-corrected chi connectivity index (χ1v) is 8.20. The lowest BCUT2D eigenvalue weighted by molar-refractivity contribution is -0.143. The third-order valence-corrected chi connectivity index (χ3v) is 4.50. The van der Waals surface area contributed by atoms with Crippen LogP contribution in [0.2, 0.25) is 5.02 Å². The number of thioether (sulfide) groups is 1. The van der Waals surface area contributed by atoms with Crippen LogP contribution in [0.4, 0.5) is 9.18 Å². The van der Waals surface area contributed by atoms with Gasteiger partial charge in [0.15, 0.2) is 0 Å². The fourth-order valence-corrected chi connectivity index (χ4v) is 3.48. The topological polar surface area (TPSA) is 68.1 Å². The molecule has 0 fully saturated rings. The number of carbonyl (C=O) groups is 2. The third-order valence-electron chi connectivity index (χ3n) is 3.09. The predicted molar refractivity (Wildman–Crippen MR) is 88.8 cm³/mol. The van der Waals surface area contributed by atoms with Gasteiger partial charge in [0.1, 0.15) is 11.7 Å². The molecule has 5 nitrogen and oxygen atoms in total. The Kier molecular flexibility index (Phi) is 5.90. The highest BCUT2D eigenvalue weighted by Crippen LogP contribution is 2.28. The molecule has 1 aromatic rings. The highest BCUT2D eigenvalue weighted by molar-refractivity contribution is 8.13. The second kappa shape index (κ2) is 7.70. The van der Waals surface area contributed by atoms with Crippen LogP contribution in [0.1, 0.15) is 19.4 Å². The lowest BCUT2D eigenvalue weighted by Gasteiger charge is -2.19. The van der Waals surface area contributed by atoms with E-state index in [1.54, 1.807) is 19.9 Å². The summed E-state index contributed by atoms with van der Waals surface area (Å²) in [6.07, 6.45) is 0. The van der Waals surface area contributed by atoms with Crippen LogP contribution < -0.4 is 0 Å². The fraction of sp³-hybridized carbons (Fsp3) is 0.333. The van der Waals surface area contributed by atoms with Crippen LogP contribution in [0.15, 0.2) is 28.2 Å². The van der Waals surface area contributed by atoms with Gasteiger partial charge >= 0.3 is 12.0 Å². The lowest BCUT2D eigenvalue weighted by Crippen LogP contribution is -2.34. The van der Waals surface area contributed by atoms with Crippen molar-refractivity contribution in [2.45, 2.75) is 19.6 Å². The summed E-state index contributed by atoms with van der Waals surface area (Å²) in [4.78, 5) is 31.0. The van der Waals surface area contributed by atoms with Crippen molar-refractivity contribution in [3.05, 3.63) is 34.6 Å². The van der Waals surface area contributed by atoms with Crippen molar-refractivity contribution in [3.63, 3.8) is 0 Å². The van der Waals surface area contributed by atoms with Crippen LogP contribution in [0.5, 0.6) is 0 Å². The molecule has 0 saturated carbocycles. The molecule has 1 unspecified atom stereocenters. The van der Waals surface area contributed by atoms with Crippen molar-refractivity contribution in [1.82, 2.24) is 0 Å². The van der Waals surface area contributed by atoms with Gasteiger partial charge in [-0.3, -0.25) is 4.79 Å². The Morgan fingerprint density at radius 3 is 2.83 bits per heavy atom. The number of ether oxygens (including phenoxy) is 1. The summed E-state index contributed by atoms with van der Waals surface area (Å²) in [5.74, 6) is -1.69. The van der Waals surface area contributed by atoms with Gasteiger partial charge in [0, 0.05) is 22.1 Å². The van der Waals surface area contributed by atoms with E-state index in [1.165, 1.54) is 12.1 Å². The number of amides is 2. The Labute approximate surface area is 142 Å². The molecule has 1 aromatic carbocycles. The van der Waals surface area contributed by atoms with Gasteiger partial charge in [0.05, 0.1) is 11.7 Å². The van der Waals surface area contributed by atoms with E-state index < -0.39 is 23.7 Å². The molecule has 2 rings (SSSR count). The molecule has 2 amide bonds. The molecule has 0 bridgehead atoms. The number of nitrogens with zero attached hydrogens (tertiary/aromatic N) is 2. The number of urea groups is 1. The van der Waals surface area contributed by atoms with Gasteiger partial charge in [0.2, 0.25) is 0 Å². The average Bonchev–Trinajstić information content (AvgIpc) is 2.46. The Bertz CT molecular complexity index is 686. The molecule has 0 spiro atoms. The summed E-state index contributed by atoms with van der Waals surface area (Å²) < 4.78 is 18.8. The Balaban J connectivity index is 2.21. The maximum Gasteiger partial charge on any atom is 0.367 e. The number of carbonyl (C=O) groups excluding carboxylic acids is 2. The summed E-state index contributed by atoms with van der Waals surface area (Å²) in [6.45, 7) is 3.44. The van der Waals surface area contributed by atoms with E-state index >= 15 is 0 Å². The minimum absolute atomic E-state index is 0.140. The Morgan fingerprint density at radius 1 is 1.43 bits per heavy atom. The molecule has 8 heteroatoms. The van der Waals surface area contributed by atoms with Gasteiger partial charge in [-0.05, 0) is 26.0 Å². The molecule has 122 valence electrons.